The number of rotatable bonds is 4. The maximum atomic E-state index is 12.6. The van der Waals surface area contributed by atoms with Crippen LogP contribution in [0.25, 0.3) is 0 Å². The van der Waals surface area contributed by atoms with Gasteiger partial charge in [0.05, 0.1) is 37.4 Å². The Morgan fingerprint density at radius 3 is 2.65 bits per heavy atom. The van der Waals surface area contributed by atoms with Crippen LogP contribution in [0.5, 0.6) is 5.75 Å². The molecule has 2 heterocycles. The predicted octanol–water partition coefficient (Wildman–Crippen LogP) is 2.70. The zero-order valence-corrected chi connectivity index (χ0v) is 15.4. The van der Waals surface area contributed by atoms with Gasteiger partial charge >= 0.3 is 5.97 Å². The van der Waals surface area contributed by atoms with Crippen LogP contribution in [-0.2, 0) is 9.53 Å². The van der Waals surface area contributed by atoms with Gasteiger partial charge in [-0.25, -0.2) is 14.8 Å². The van der Waals surface area contributed by atoms with Gasteiger partial charge in [-0.1, -0.05) is 23.7 Å². The van der Waals surface area contributed by atoms with Crippen molar-refractivity contribution < 1.29 is 14.3 Å². The molecule has 0 amide bonds. The number of allylic oxidation sites excluding steroid dienone is 1. The molecule has 0 fully saturated rings. The molecule has 0 bridgehead atoms. The number of esters is 1. The van der Waals surface area contributed by atoms with Crippen LogP contribution in [0.15, 0.2) is 56.4 Å². The van der Waals surface area contributed by atoms with E-state index in [1.807, 2.05) is 24.3 Å². The molecule has 0 saturated heterocycles. The first-order chi connectivity index (χ1) is 12.5. The quantitative estimate of drug-likeness (QED) is 0.646. The van der Waals surface area contributed by atoms with Crippen molar-refractivity contribution in [2.24, 2.45) is 15.7 Å². The number of ether oxygens (including phenoxy) is 2. The van der Waals surface area contributed by atoms with E-state index in [4.69, 9.17) is 26.8 Å². The highest BCUT2D eigenvalue weighted by atomic mass is 35.5. The molecule has 2 aliphatic rings. The van der Waals surface area contributed by atoms with E-state index in [0.717, 1.165) is 5.56 Å². The first-order valence-electron chi connectivity index (χ1n) is 8.06. The number of amidine groups is 1. The molecular weight excluding hydrogens is 356 g/mol. The molecule has 1 aromatic rings. The molecule has 1 unspecified atom stereocenters. The summed E-state index contributed by atoms with van der Waals surface area (Å²) in [5, 5.41) is 0.167. The van der Waals surface area contributed by atoms with Crippen molar-refractivity contribution in [3.8, 4) is 5.75 Å². The second kappa shape index (κ2) is 7.21. The summed E-state index contributed by atoms with van der Waals surface area (Å²) in [6, 6.07) is 6.92. The number of hydrogen-bond acceptors (Lipinski definition) is 7. The number of benzene rings is 1. The maximum Gasteiger partial charge on any atom is 0.338 e. The number of aliphatic imine (C=N–C) groups is 2. The largest absolute Gasteiger partial charge is 0.497 e. The molecule has 0 aromatic heterocycles. The highest BCUT2D eigenvalue weighted by molar-refractivity contribution is 6.33. The van der Waals surface area contributed by atoms with Gasteiger partial charge < -0.3 is 20.1 Å². The van der Waals surface area contributed by atoms with Crippen LogP contribution < -0.4 is 10.5 Å². The minimum atomic E-state index is -0.487. The Morgan fingerprint density at radius 1 is 1.35 bits per heavy atom. The first kappa shape index (κ1) is 18.0. The number of methoxy groups -OCH3 is 1. The second-order valence-electron chi connectivity index (χ2n) is 5.69. The summed E-state index contributed by atoms with van der Waals surface area (Å²) in [5.74, 6) is 0.740. The number of nitrogens with zero attached hydrogens (tertiary/aromatic N) is 3. The molecule has 136 valence electrons. The Balaban J connectivity index is 2.15. The van der Waals surface area contributed by atoms with Gasteiger partial charge in [-0.2, -0.15) is 0 Å². The summed E-state index contributed by atoms with van der Waals surface area (Å²) in [5.41, 5.74) is 8.12. The fourth-order valence-corrected chi connectivity index (χ4v) is 3.04. The molecule has 2 N–H and O–H groups in total. The minimum Gasteiger partial charge on any atom is -0.497 e. The van der Waals surface area contributed by atoms with E-state index < -0.39 is 12.0 Å². The fraction of sp³-hybridized carbons (Fsp3) is 0.278. The second-order valence-corrected chi connectivity index (χ2v) is 6.04. The lowest BCUT2D eigenvalue weighted by molar-refractivity contribution is -0.139. The molecule has 0 aliphatic carbocycles. The average Bonchev–Trinajstić information content (AvgIpc) is 2.64. The first-order valence-corrected chi connectivity index (χ1v) is 8.44. The highest BCUT2D eigenvalue weighted by Gasteiger charge is 2.38. The van der Waals surface area contributed by atoms with Crippen molar-refractivity contribution in [1.29, 1.82) is 0 Å². The van der Waals surface area contributed by atoms with Crippen molar-refractivity contribution in [1.82, 2.24) is 4.90 Å². The van der Waals surface area contributed by atoms with Gasteiger partial charge in [-0.15, -0.1) is 0 Å². The van der Waals surface area contributed by atoms with E-state index in [-0.39, 0.29) is 17.5 Å². The lowest BCUT2D eigenvalue weighted by Gasteiger charge is -2.37. The summed E-state index contributed by atoms with van der Waals surface area (Å²) in [4.78, 5) is 22.9. The van der Waals surface area contributed by atoms with Gasteiger partial charge in [-0.05, 0) is 31.5 Å². The van der Waals surface area contributed by atoms with Gasteiger partial charge in [0.25, 0.3) is 0 Å². The Bertz CT molecular complexity index is 856. The third kappa shape index (κ3) is 3.06. The standard InChI is InChI=1S/C18H19ClN4O3/c1-4-26-18(24)13-10(2)22-17-14(20)16(19)21-9-23(17)15(13)11-5-7-12(25-3)8-6-11/h5-9,15H,4,20H2,1-3H3. The van der Waals surface area contributed by atoms with Crippen LogP contribution in [-0.4, -0.2) is 36.8 Å². The van der Waals surface area contributed by atoms with Gasteiger partial charge in [-0.3, -0.25) is 0 Å². The molecule has 1 atom stereocenters. The maximum absolute atomic E-state index is 12.6. The molecule has 0 radical (unpaired) electrons. The molecule has 0 spiro atoms. The molecule has 3 rings (SSSR count). The van der Waals surface area contributed by atoms with E-state index in [1.165, 1.54) is 6.34 Å². The summed E-state index contributed by atoms with van der Waals surface area (Å²) in [6.07, 6.45) is 1.53. The summed E-state index contributed by atoms with van der Waals surface area (Å²) in [6.45, 7) is 3.78. The van der Waals surface area contributed by atoms with E-state index in [1.54, 1.807) is 25.9 Å². The fourth-order valence-electron chi connectivity index (χ4n) is 2.91. The molecular formula is C18H19ClN4O3. The summed E-state index contributed by atoms with van der Waals surface area (Å²) < 4.78 is 10.5. The summed E-state index contributed by atoms with van der Waals surface area (Å²) >= 11 is 6.04. The van der Waals surface area contributed by atoms with E-state index in [9.17, 15) is 4.79 Å². The normalized spacial score (nSPS) is 19.3. The lowest BCUT2D eigenvalue weighted by Crippen LogP contribution is -2.43. The van der Waals surface area contributed by atoms with E-state index in [0.29, 0.717) is 22.9 Å². The number of carbonyl (C=O) groups is 1. The average molecular weight is 375 g/mol. The van der Waals surface area contributed by atoms with E-state index >= 15 is 0 Å². The van der Waals surface area contributed by atoms with Gasteiger partial charge in [0, 0.05) is 0 Å². The Morgan fingerprint density at radius 2 is 2.04 bits per heavy atom. The van der Waals surface area contributed by atoms with Crippen LogP contribution in [0.1, 0.15) is 25.5 Å². The molecule has 0 saturated carbocycles. The number of carbonyl (C=O) groups excluding carboxylic acids is 1. The van der Waals surface area contributed by atoms with Crippen molar-refractivity contribution in [3.05, 3.63) is 52.0 Å². The van der Waals surface area contributed by atoms with Crippen molar-refractivity contribution in [2.75, 3.05) is 13.7 Å². The van der Waals surface area contributed by atoms with Crippen LogP contribution in [0.4, 0.5) is 0 Å². The molecule has 8 heteroatoms. The van der Waals surface area contributed by atoms with Gasteiger partial charge in [0.15, 0.2) is 11.0 Å². The van der Waals surface area contributed by atoms with Crippen LogP contribution in [0, 0.1) is 0 Å². The number of fused-ring (bicyclic) bond motifs is 1. The van der Waals surface area contributed by atoms with Gasteiger partial charge in [0.1, 0.15) is 11.4 Å². The Hall–Kier alpha value is -2.80. The smallest absolute Gasteiger partial charge is 0.338 e. The molecule has 2 aliphatic heterocycles. The monoisotopic (exact) mass is 374 g/mol. The zero-order chi connectivity index (χ0) is 18.8. The number of nitrogens with two attached hydrogens (primary N) is 1. The van der Waals surface area contributed by atoms with Crippen LogP contribution in [0.3, 0.4) is 0 Å². The number of halogens is 1. The molecule has 26 heavy (non-hydrogen) atoms. The third-order valence-electron chi connectivity index (χ3n) is 4.15. The predicted molar refractivity (Wildman–Crippen MR) is 99.9 cm³/mol. The summed E-state index contributed by atoms with van der Waals surface area (Å²) in [7, 11) is 1.60. The third-order valence-corrected chi connectivity index (χ3v) is 4.45. The lowest BCUT2D eigenvalue weighted by atomic mass is 9.93. The number of hydrogen-bond donors (Lipinski definition) is 1. The Kier molecular flexibility index (Phi) is 4.99. The zero-order valence-electron chi connectivity index (χ0n) is 14.7. The van der Waals surface area contributed by atoms with Crippen LogP contribution in [0.2, 0.25) is 0 Å². The Labute approximate surface area is 156 Å². The van der Waals surface area contributed by atoms with Crippen LogP contribution >= 0.6 is 11.6 Å². The van der Waals surface area contributed by atoms with Crippen molar-refractivity contribution in [2.45, 2.75) is 19.9 Å². The SMILES string of the molecule is CCOC(=O)C1=C(C)N=C2C(N)=C(Cl)N=CN2C1c1ccc(OC)cc1. The van der Waals surface area contributed by atoms with Crippen molar-refractivity contribution in [3.63, 3.8) is 0 Å². The minimum absolute atomic E-state index is 0.167. The van der Waals surface area contributed by atoms with Gasteiger partial charge in [0.2, 0.25) is 0 Å². The molecule has 1 aromatic carbocycles. The highest BCUT2D eigenvalue weighted by Crippen LogP contribution is 2.38. The molecule has 7 nitrogen and oxygen atoms in total. The topological polar surface area (TPSA) is 89.5 Å². The van der Waals surface area contributed by atoms with E-state index in [2.05, 4.69) is 9.98 Å². The van der Waals surface area contributed by atoms with Crippen molar-refractivity contribution >= 4 is 29.7 Å².